The zero-order valence-electron chi connectivity index (χ0n) is 70.4. The molecule has 4 aromatic carbocycles. The van der Waals surface area contributed by atoms with Gasteiger partial charge in [-0.15, -0.1) is 0 Å². The van der Waals surface area contributed by atoms with Crippen LogP contribution in [-0.2, 0) is 11.8 Å². The predicted molar refractivity (Wildman–Crippen MR) is 494 cm³/mol. The van der Waals surface area contributed by atoms with Crippen LogP contribution in [0, 0.1) is 0 Å². The highest BCUT2D eigenvalue weighted by Crippen LogP contribution is 2.30. The van der Waals surface area contributed by atoms with Gasteiger partial charge in [-0.05, 0) is 222 Å². The van der Waals surface area contributed by atoms with Crippen molar-refractivity contribution in [1.29, 1.82) is 0 Å². The van der Waals surface area contributed by atoms with Gasteiger partial charge in [0.25, 0.3) is 45.9 Å². The standard InChI is InChI=1S/C25H29N7O2.C23H26N4O2S.C22H24N6O2.C22H23N5O2S/c33-24(17-4-6-20(7-5-17)32-10-2-1-3-11-32)31-22-12-18(14-27-25(22)34)21-13-23(29-16-28-21)30-19-8-9-26-15-19;1-6-17-12-18(27-22(25-17)30-5)15-11-19(21(29)24-13-15)26-20(28)14-7-9-16(10-8-14)23(2,3)4;1-23-20-12-18(25-14-26-20)16-11-19(22(30)24-13-16)27-21(29)15-5-7-17(8-6-15)28-9-3-2-4-10-28;1-30-22-23-10-9-18(26-22)16-13-19(21(29)24-14-16)25-20(28)15-5-7-17(8-6-15)27-11-3-2-4-12-27/h4-7,12-14,16,19,26H,1-3,8-11,15H2,(H,27,34)(H,31,33)(H,28,29,30);7-13H,6H2,1-5H3,(H,24,29)(H,26,28);5-8,11-14H,2-4,9-10H2,1H3,(H,24,30)(H,27,29)(H,23,25,26);5-10,13-14H,2-4,11-12H2,1H3,(H,24,29)(H,25,28). The molecule has 640 valence electrons. The summed E-state index contributed by atoms with van der Waals surface area (Å²) in [5, 5.41) is 21.9. The number of carbonyl (C=O) groups excluding carboxylic acids is 4. The van der Waals surface area contributed by atoms with Crippen LogP contribution in [0.2, 0.25) is 0 Å². The maximum atomic E-state index is 12.8. The lowest BCUT2D eigenvalue weighted by atomic mass is 9.87. The highest BCUT2D eigenvalue weighted by atomic mass is 32.2. The lowest BCUT2D eigenvalue weighted by molar-refractivity contribution is 0.101. The predicted octanol–water partition coefficient (Wildman–Crippen LogP) is 14.4. The Morgan fingerprint density at radius 2 is 0.798 bits per heavy atom. The van der Waals surface area contributed by atoms with Crippen LogP contribution in [0.4, 0.5) is 51.4 Å². The number of rotatable bonds is 21. The maximum absolute atomic E-state index is 12.8. The number of hydrogen-bond acceptors (Lipinski definition) is 24. The Bertz CT molecular complexity index is 5740. The zero-order chi connectivity index (χ0) is 87.1. The number of carbonyl (C=O) groups is 4. The van der Waals surface area contributed by atoms with E-state index in [9.17, 15) is 38.4 Å². The smallest absolute Gasteiger partial charge is 0.271 e. The number of nitrogens with zero attached hydrogens (tertiary/aromatic N) is 11. The number of pyridine rings is 4. The molecule has 0 saturated carbocycles. The van der Waals surface area contributed by atoms with E-state index in [1.165, 1.54) is 94.0 Å². The quantitative estimate of drug-likeness (QED) is 0.0235. The zero-order valence-corrected chi connectivity index (χ0v) is 72.0. The van der Waals surface area contributed by atoms with Crippen LogP contribution >= 0.6 is 23.5 Å². The van der Waals surface area contributed by atoms with E-state index < -0.39 is 0 Å². The molecule has 4 aliphatic rings. The first-order chi connectivity index (χ1) is 60.1. The van der Waals surface area contributed by atoms with E-state index in [0.29, 0.717) is 89.5 Å². The largest absolute Gasteiger partial charge is 0.373 e. The number of piperidine rings is 3. The van der Waals surface area contributed by atoms with Crippen LogP contribution in [0.1, 0.15) is 145 Å². The number of amides is 4. The molecule has 0 aliphatic carbocycles. The SMILES string of the molecule is CCc1cc(-c2c[nH]c(=O)c(NC(=O)c3ccc(C(C)(C)C)cc3)c2)nc(SC)n1.CNc1cc(-c2c[nH]c(=O)c(NC(=O)c3ccc(N4CCCCC4)cc3)c2)ncn1.CSc1nccc(-c2c[nH]c(=O)c(NC(=O)c3ccc(N4CCCCC4)cc3)c2)n1.O=C(Nc1cc(-c2cc(NC3CCNC3)ncn2)c[nH]c1=O)c1ccc(N2CCCCC2)cc1. The molecule has 124 heavy (non-hydrogen) atoms. The van der Waals surface area contributed by atoms with Gasteiger partial charge in [-0.2, -0.15) is 0 Å². The maximum Gasteiger partial charge on any atom is 0.271 e. The Balaban J connectivity index is 0.000000142. The van der Waals surface area contributed by atoms with Gasteiger partial charge in [-0.3, -0.25) is 38.4 Å². The molecular formula is C92H102N22O8S2. The fourth-order valence-electron chi connectivity index (χ4n) is 14.5. The second kappa shape index (κ2) is 42.4. The normalized spacial score (nSPS) is 14.3. The van der Waals surface area contributed by atoms with Crippen LogP contribution in [0.5, 0.6) is 0 Å². The highest BCUT2D eigenvalue weighted by Gasteiger charge is 2.23. The summed E-state index contributed by atoms with van der Waals surface area (Å²) in [7, 11) is 1.77. The summed E-state index contributed by atoms with van der Waals surface area (Å²) < 4.78 is 0. The first-order valence-electron chi connectivity index (χ1n) is 41.6. The first-order valence-corrected chi connectivity index (χ1v) is 44.0. The molecule has 32 heteroatoms. The Morgan fingerprint density at radius 1 is 0.427 bits per heavy atom. The Kier molecular flexibility index (Phi) is 30.2. The summed E-state index contributed by atoms with van der Waals surface area (Å²) >= 11 is 2.90. The molecule has 4 saturated heterocycles. The molecule has 4 fully saturated rings. The van der Waals surface area contributed by atoms with Crippen molar-refractivity contribution in [1.82, 2.24) is 65.1 Å². The number of aromatic nitrogens is 12. The van der Waals surface area contributed by atoms with Crippen molar-refractivity contribution in [2.24, 2.45) is 0 Å². The molecule has 0 radical (unpaired) electrons. The number of H-pyrrole nitrogens is 4. The third kappa shape index (κ3) is 23.8. The van der Waals surface area contributed by atoms with Crippen LogP contribution in [0.3, 0.4) is 0 Å². The molecule has 16 rings (SSSR count). The minimum Gasteiger partial charge on any atom is -0.373 e. The molecule has 11 N–H and O–H groups in total. The van der Waals surface area contributed by atoms with Gasteiger partial charge in [0, 0.05) is 169 Å². The van der Waals surface area contributed by atoms with Crippen molar-refractivity contribution in [2.45, 2.75) is 120 Å². The van der Waals surface area contributed by atoms with Crippen molar-refractivity contribution >= 4 is 98.6 Å². The summed E-state index contributed by atoms with van der Waals surface area (Å²) in [6.45, 7) is 16.6. The van der Waals surface area contributed by atoms with Crippen LogP contribution in [0.25, 0.3) is 45.0 Å². The minimum atomic E-state index is -0.375. The van der Waals surface area contributed by atoms with Gasteiger partial charge < -0.3 is 71.9 Å². The van der Waals surface area contributed by atoms with Crippen molar-refractivity contribution < 1.29 is 19.2 Å². The average molecular weight is 1710 g/mol. The van der Waals surface area contributed by atoms with Crippen molar-refractivity contribution in [3.63, 3.8) is 0 Å². The summed E-state index contributed by atoms with van der Waals surface area (Å²) in [4.78, 5) is 152. The van der Waals surface area contributed by atoms with Crippen molar-refractivity contribution in [2.75, 3.05) is 119 Å². The second-order valence-corrected chi connectivity index (χ2v) is 32.7. The number of thioether (sulfide) groups is 2. The van der Waals surface area contributed by atoms with Crippen LogP contribution in [0.15, 0.2) is 219 Å². The van der Waals surface area contributed by atoms with E-state index in [1.54, 1.807) is 123 Å². The van der Waals surface area contributed by atoms with Crippen LogP contribution < -0.4 is 74.2 Å². The number of benzene rings is 4. The summed E-state index contributed by atoms with van der Waals surface area (Å²) in [6.07, 6.45) is 27.6. The van der Waals surface area contributed by atoms with Crippen molar-refractivity contribution in [3.05, 3.63) is 264 Å². The molecule has 1 unspecified atom stereocenters. The summed E-state index contributed by atoms with van der Waals surface area (Å²) in [5.41, 5.74) is 12.1. The molecule has 4 aliphatic heterocycles. The number of anilines is 9. The third-order valence-corrected chi connectivity index (χ3v) is 22.6. The monoisotopic (exact) mass is 1710 g/mol. The molecule has 30 nitrogen and oxygen atoms in total. The van der Waals surface area contributed by atoms with E-state index in [2.05, 4.69) is 132 Å². The number of aromatic amines is 4. The van der Waals surface area contributed by atoms with E-state index >= 15 is 0 Å². The first kappa shape index (κ1) is 88.3. The van der Waals surface area contributed by atoms with Crippen molar-refractivity contribution in [3.8, 4) is 45.0 Å². The molecule has 0 bridgehead atoms. The summed E-state index contributed by atoms with van der Waals surface area (Å²) in [5.74, 6) is 0.0677. The Labute approximate surface area is 726 Å². The fraction of sp³-hybridized carbons (Fsp3) is 0.304. The van der Waals surface area contributed by atoms with Gasteiger partial charge in [0.15, 0.2) is 10.3 Å². The Morgan fingerprint density at radius 3 is 1.17 bits per heavy atom. The molecule has 1 atom stereocenters. The van der Waals surface area contributed by atoms with E-state index in [0.717, 1.165) is 99.3 Å². The van der Waals surface area contributed by atoms with Gasteiger partial charge in [0.1, 0.15) is 47.0 Å². The number of hydrogen-bond donors (Lipinski definition) is 11. The van der Waals surface area contributed by atoms with E-state index in [-0.39, 0.29) is 74.0 Å². The van der Waals surface area contributed by atoms with Crippen LogP contribution in [-0.4, -0.2) is 161 Å². The van der Waals surface area contributed by atoms with Gasteiger partial charge in [0.2, 0.25) is 0 Å². The summed E-state index contributed by atoms with van der Waals surface area (Å²) in [6, 6.07) is 44.1. The number of aryl methyl sites for hydroxylation is 1. The average Bonchev–Trinajstić information content (AvgIpc) is 1.33. The minimum absolute atomic E-state index is 0.00496. The number of nitrogens with one attached hydrogen (secondary N) is 11. The van der Waals surface area contributed by atoms with Gasteiger partial charge >= 0.3 is 0 Å². The lowest BCUT2D eigenvalue weighted by Gasteiger charge is -2.28. The highest BCUT2D eigenvalue weighted by molar-refractivity contribution is 7.98. The van der Waals surface area contributed by atoms with Gasteiger partial charge in [0.05, 0.1) is 22.8 Å². The van der Waals surface area contributed by atoms with Gasteiger partial charge in [-0.25, -0.2) is 39.9 Å². The molecule has 8 aromatic heterocycles. The Hall–Kier alpha value is -13.5. The second-order valence-electron chi connectivity index (χ2n) is 31.1. The topological polar surface area (TPSA) is 397 Å². The molecular weight excluding hydrogens is 1610 g/mol. The molecule has 12 aromatic rings. The molecule has 0 spiro atoms. The van der Waals surface area contributed by atoms with E-state index in [1.807, 2.05) is 80.1 Å². The third-order valence-electron chi connectivity index (χ3n) is 21.5. The molecule has 12 heterocycles. The fourth-order valence-corrected chi connectivity index (χ4v) is 15.2. The lowest BCUT2D eigenvalue weighted by Crippen LogP contribution is -2.29. The molecule has 4 amide bonds. The van der Waals surface area contributed by atoms with E-state index in [4.69, 9.17) is 0 Å². The van der Waals surface area contributed by atoms with Gasteiger partial charge in [-0.1, -0.05) is 63.4 Å².